The van der Waals surface area contributed by atoms with E-state index < -0.39 is 5.97 Å². The number of rotatable bonds is 5. The number of benzene rings is 1. The fourth-order valence-corrected chi connectivity index (χ4v) is 2.74. The highest BCUT2D eigenvalue weighted by Gasteiger charge is 2.20. The molecule has 0 radical (unpaired) electrons. The van der Waals surface area contributed by atoms with E-state index in [9.17, 15) is 4.79 Å². The van der Waals surface area contributed by atoms with Gasteiger partial charge in [-0.3, -0.25) is 4.79 Å². The Morgan fingerprint density at radius 2 is 2.05 bits per heavy atom. The molecule has 1 aromatic carbocycles. The summed E-state index contributed by atoms with van der Waals surface area (Å²) in [4.78, 5) is 11.0. The number of carboxylic acid groups (broad SMARTS) is 1. The van der Waals surface area contributed by atoms with Gasteiger partial charge in [0, 0.05) is 23.0 Å². The topological polar surface area (TPSA) is 51.5 Å². The van der Waals surface area contributed by atoms with Gasteiger partial charge in [0.25, 0.3) is 0 Å². The number of fused-ring (bicyclic) bond motifs is 1. The second-order valence-electron chi connectivity index (χ2n) is 5.42. The largest absolute Gasteiger partial charge is 0.496 e. The third kappa shape index (κ3) is 2.50. The molecular weight excluding hydrogens is 254 g/mol. The van der Waals surface area contributed by atoms with Gasteiger partial charge >= 0.3 is 5.97 Å². The maximum Gasteiger partial charge on any atom is 0.304 e. The standard InChI is InChI=1S/C16H21NO3/c1-10(2)17-13-6-5-7-15(20-4)12(13)9-14(17)11(3)8-16(18)19/h5-7,9-11H,8H2,1-4H3,(H,18,19). The minimum absolute atomic E-state index is 0.0352. The molecule has 0 bridgehead atoms. The lowest BCUT2D eigenvalue weighted by molar-refractivity contribution is -0.137. The van der Waals surface area contributed by atoms with E-state index in [1.54, 1.807) is 7.11 Å². The van der Waals surface area contributed by atoms with Crippen molar-refractivity contribution in [2.45, 2.75) is 39.2 Å². The third-order valence-electron chi connectivity index (χ3n) is 3.60. The summed E-state index contributed by atoms with van der Waals surface area (Å²) in [7, 11) is 1.65. The summed E-state index contributed by atoms with van der Waals surface area (Å²) in [6.07, 6.45) is 0.130. The third-order valence-corrected chi connectivity index (χ3v) is 3.60. The number of hydrogen-bond donors (Lipinski definition) is 1. The zero-order chi connectivity index (χ0) is 14.9. The van der Waals surface area contributed by atoms with Gasteiger partial charge in [-0.25, -0.2) is 0 Å². The van der Waals surface area contributed by atoms with E-state index in [2.05, 4.69) is 30.5 Å². The summed E-state index contributed by atoms with van der Waals surface area (Å²) in [6, 6.07) is 8.27. The average Bonchev–Trinajstić information content (AvgIpc) is 2.77. The van der Waals surface area contributed by atoms with Crippen LogP contribution in [0.5, 0.6) is 5.75 Å². The summed E-state index contributed by atoms with van der Waals surface area (Å²) in [5.74, 6) is 0.0164. The summed E-state index contributed by atoms with van der Waals surface area (Å²) in [6.45, 7) is 6.17. The molecule has 0 spiro atoms. The quantitative estimate of drug-likeness (QED) is 0.902. The molecule has 2 aromatic rings. The number of ether oxygens (including phenoxy) is 1. The molecule has 0 fully saturated rings. The van der Waals surface area contributed by atoms with E-state index in [0.717, 1.165) is 22.3 Å². The highest BCUT2D eigenvalue weighted by atomic mass is 16.5. The molecule has 4 nitrogen and oxygen atoms in total. The predicted molar refractivity (Wildman–Crippen MR) is 79.5 cm³/mol. The monoisotopic (exact) mass is 275 g/mol. The van der Waals surface area contributed by atoms with Gasteiger partial charge in [-0.1, -0.05) is 13.0 Å². The Labute approximate surface area is 119 Å². The van der Waals surface area contributed by atoms with Crippen LogP contribution in [0.1, 0.15) is 44.8 Å². The van der Waals surface area contributed by atoms with E-state index in [0.29, 0.717) is 0 Å². The molecule has 1 atom stereocenters. The zero-order valence-corrected chi connectivity index (χ0v) is 12.4. The Balaban J connectivity index is 2.64. The Bertz CT molecular complexity index is 628. The van der Waals surface area contributed by atoms with Crippen LogP contribution in [0.25, 0.3) is 10.9 Å². The van der Waals surface area contributed by atoms with Crippen molar-refractivity contribution in [2.24, 2.45) is 0 Å². The van der Waals surface area contributed by atoms with Gasteiger partial charge in [0.1, 0.15) is 5.75 Å². The van der Waals surface area contributed by atoms with Gasteiger partial charge in [0.2, 0.25) is 0 Å². The van der Waals surface area contributed by atoms with Crippen LogP contribution < -0.4 is 4.74 Å². The Kier molecular flexibility index (Phi) is 4.02. The van der Waals surface area contributed by atoms with E-state index in [1.165, 1.54) is 0 Å². The molecule has 0 saturated heterocycles. The number of aliphatic carboxylic acids is 1. The van der Waals surface area contributed by atoms with Crippen LogP contribution in [0.15, 0.2) is 24.3 Å². The first-order valence-electron chi connectivity index (χ1n) is 6.85. The van der Waals surface area contributed by atoms with Crippen molar-refractivity contribution in [3.05, 3.63) is 30.0 Å². The van der Waals surface area contributed by atoms with Crippen LogP contribution >= 0.6 is 0 Å². The minimum Gasteiger partial charge on any atom is -0.496 e. The second-order valence-corrected chi connectivity index (χ2v) is 5.42. The first kappa shape index (κ1) is 14.4. The Hall–Kier alpha value is -1.97. The van der Waals surface area contributed by atoms with Crippen LogP contribution in [0.4, 0.5) is 0 Å². The molecule has 0 aliphatic heterocycles. The van der Waals surface area contributed by atoms with Crippen molar-refractivity contribution in [1.29, 1.82) is 0 Å². The van der Waals surface area contributed by atoms with Gasteiger partial charge in [0.05, 0.1) is 19.0 Å². The summed E-state index contributed by atoms with van der Waals surface area (Å²) < 4.78 is 7.61. The van der Waals surface area contributed by atoms with Crippen molar-refractivity contribution >= 4 is 16.9 Å². The molecule has 0 amide bonds. The number of carboxylic acids is 1. The maximum absolute atomic E-state index is 11.0. The van der Waals surface area contributed by atoms with Crippen LogP contribution in [-0.2, 0) is 4.79 Å². The van der Waals surface area contributed by atoms with Gasteiger partial charge < -0.3 is 14.4 Å². The lowest BCUT2D eigenvalue weighted by Gasteiger charge is -2.18. The predicted octanol–water partition coefficient (Wildman–Crippen LogP) is 3.81. The lowest BCUT2D eigenvalue weighted by Crippen LogP contribution is -2.11. The number of methoxy groups -OCH3 is 1. The van der Waals surface area contributed by atoms with Gasteiger partial charge in [-0.05, 0) is 32.0 Å². The smallest absolute Gasteiger partial charge is 0.304 e. The molecule has 108 valence electrons. The Morgan fingerprint density at radius 1 is 1.35 bits per heavy atom. The SMILES string of the molecule is COc1cccc2c1cc(C(C)CC(=O)O)n2C(C)C. The van der Waals surface area contributed by atoms with Crippen molar-refractivity contribution in [2.75, 3.05) is 7.11 Å². The number of carbonyl (C=O) groups is 1. The molecule has 4 heteroatoms. The van der Waals surface area contributed by atoms with E-state index in [4.69, 9.17) is 9.84 Å². The van der Waals surface area contributed by atoms with Gasteiger partial charge in [-0.15, -0.1) is 0 Å². The van der Waals surface area contributed by atoms with Crippen LogP contribution in [-0.4, -0.2) is 22.8 Å². The van der Waals surface area contributed by atoms with Crippen molar-refractivity contribution < 1.29 is 14.6 Å². The van der Waals surface area contributed by atoms with Crippen molar-refractivity contribution in [3.8, 4) is 5.75 Å². The summed E-state index contributed by atoms with van der Waals surface area (Å²) in [5.41, 5.74) is 2.13. The average molecular weight is 275 g/mol. The van der Waals surface area contributed by atoms with Crippen molar-refractivity contribution in [1.82, 2.24) is 4.57 Å². The Morgan fingerprint density at radius 3 is 2.60 bits per heavy atom. The zero-order valence-electron chi connectivity index (χ0n) is 12.4. The minimum atomic E-state index is -0.773. The molecular formula is C16H21NO3. The highest BCUT2D eigenvalue weighted by molar-refractivity contribution is 5.88. The van der Waals surface area contributed by atoms with E-state index in [1.807, 2.05) is 19.1 Å². The summed E-state index contributed by atoms with van der Waals surface area (Å²) >= 11 is 0. The number of hydrogen-bond acceptors (Lipinski definition) is 2. The normalized spacial score (nSPS) is 12.8. The van der Waals surface area contributed by atoms with Gasteiger partial charge in [-0.2, -0.15) is 0 Å². The highest BCUT2D eigenvalue weighted by Crippen LogP contribution is 2.35. The number of nitrogens with zero attached hydrogens (tertiary/aromatic N) is 1. The van der Waals surface area contributed by atoms with E-state index >= 15 is 0 Å². The fourth-order valence-electron chi connectivity index (χ4n) is 2.74. The molecule has 0 aliphatic carbocycles. The molecule has 1 aromatic heterocycles. The van der Waals surface area contributed by atoms with Crippen LogP contribution in [0, 0.1) is 0 Å². The summed E-state index contributed by atoms with van der Waals surface area (Å²) in [5, 5.41) is 10.1. The molecule has 1 N–H and O–H groups in total. The molecule has 1 heterocycles. The molecule has 1 unspecified atom stereocenters. The van der Waals surface area contributed by atoms with Gasteiger partial charge in [0.15, 0.2) is 0 Å². The first-order chi connectivity index (χ1) is 9.45. The fraction of sp³-hybridized carbons (Fsp3) is 0.438. The molecule has 0 saturated carbocycles. The van der Waals surface area contributed by atoms with Crippen LogP contribution in [0.3, 0.4) is 0 Å². The van der Waals surface area contributed by atoms with E-state index in [-0.39, 0.29) is 18.4 Å². The van der Waals surface area contributed by atoms with Crippen molar-refractivity contribution in [3.63, 3.8) is 0 Å². The molecule has 0 aliphatic rings. The maximum atomic E-state index is 11.0. The first-order valence-corrected chi connectivity index (χ1v) is 6.85. The lowest BCUT2D eigenvalue weighted by atomic mass is 10.0. The number of aromatic nitrogens is 1. The molecule has 2 rings (SSSR count). The van der Waals surface area contributed by atoms with Crippen LogP contribution in [0.2, 0.25) is 0 Å². The second kappa shape index (κ2) is 5.57. The molecule has 20 heavy (non-hydrogen) atoms.